The molecule has 2 atom stereocenters. The Balaban J connectivity index is 2.66. The van der Waals surface area contributed by atoms with E-state index in [1.165, 1.54) is 0 Å². The zero-order valence-corrected chi connectivity index (χ0v) is 9.38. The van der Waals surface area contributed by atoms with E-state index in [1.807, 2.05) is 0 Å². The van der Waals surface area contributed by atoms with Crippen LogP contribution < -0.4 is 0 Å². The average Bonchev–Trinajstić information content (AvgIpc) is 2.08. The van der Waals surface area contributed by atoms with E-state index >= 15 is 0 Å². The summed E-state index contributed by atoms with van der Waals surface area (Å²) in [6, 6.07) is 0.543. The Morgan fingerprint density at radius 1 is 1.46 bits per heavy atom. The third-order valence-electron chi connectivity index (χ3n) is 3.55. The molecular weight excluding hydrogens is 162 g/mol. The summed E-state index contributed by atoms with van der Waals surface area (Å²) in [6.07, 6.45) is 2.98. The lowest BCUT2D eigenvalue weighted by molar-refractivity contribution is 0.000816. The van der Waals surface area contributed by atoms with Crippen LogP contribution in [0.25, 0.3) is 0 Å². The fourth-order valence-electron chi connectivity index (χ4n) is 2.40. The molecule has 0 spiro atoms. The van der Waals surface area contributed by atoms with E-state index in [1.54, 1.807) is 0 Å². The van der Waals surface area contributed by atoms with Gasteiger partial charge in [-0.15, -0.1) is 0 Å². The first-order valence-corrected chi connectivity index (χ1v) is 5.35. The van der Waals surface area contributed by atoms with Crippen LogP contribution in [-0.2, 0) is 0 Å². The molecule has 1 aliphatic carbocycles. The lowest BCUT2D eigenvalue weighted by Crippen LogP contribution is -2.48. The van der Waals surface area contributed by atoms with Crippen molar-refractivity contribution in [2.24, 2.45) is 5.41 Å². The molecule has 0 aromatic rings. The Bertz CT molecular complexity index is 167. The summed E-state index contributed by atoms with van der Waals surface area (Å²) >= 11 is 0. The molecule has 2 unspecified atom stereocenters. The van der Waals surface area contributed by atoms with Crippen molar-refractivity contribution < 1.29 is 5.11 Å². The quantitative estimate of drug-likeness (QED) is 0.710. The van der Waals surface area contributed by atoms with E-state index in [0.717, 1.165) is 25.8 Å². The summed E-state index contributed by atoms with van der Waals surface area (Å²) in [5.74, 6) is 0. The molecule has 1 aliphatic rings. The van der Waals surface area contributed by atoms with Gasteiger partial charge >= 0.3 is 0 Å². The van der Waals surface area contributed by atoms with E-state index < -0.39 is 0 Å². The van der Waals surface area contributed by atoms with Crippen LogP contribution in [0.2, 0.25) is 0 Å². The highest BCUT2D eigenvalue weighted by Gasteiger charge is 2.37. The first-order valence-electron chi connectivity index (χ1n) is 5.35. The molecule has 1 N–H and O–H groups in total. The minimum Gasteiger partial charge on any atom is -0.393 e. The van der Waals surface area contributed by atoms with Crippen LogP contribution in [0.5, 0.6) is 0 Å². The first kappa shape index (κ1) is 11.0. The second-order valence-electron chi connectivity index (χ2n) is 5.01. The molecule has 1 saturated carbocycles. The van der Waals surface area contributed by atoms with Gasteiger partial charge in [-0.1, -0.05) is 20.8 Å². The van der Waals surface area contributed by atoms with Gasteiger partial charge < -0.3 is 10.0 Å². The Morgan fingerprint density at radius 2 is 2.08 bits per heavy atom. The zero-order valence-electron chi connectivity index (χ0n) is 9.38. The fraction of sp³-hybridized carbons (Fsp3) is 1.00. The van der Waals surface area contributed by atoms with Crippen LogP contribution in [0, 0.1) is 5.41 Å². The first-order chi connectivity index (χ1) is 5.97. The van der Waals surface area contributed by atoms with Crippen molar-refractivity contribution in [3.63, 3.8) is 0 Å². The van der Waals surface area contributed by atoms with Crippen molar-refractivity contribution >= 4 is 0 Å². The van der Waals surface area contributed by atoms with Crippen molar-refractivity contribution in [1.29, 1.82) is 0 Å². The molecule has 2 nitrogen and oxygen atoms in total. The van der Waals surface area contributed by atoms with Gasteiger partial charge in [-0.05, 0) is 38.3 Å². The number of hydrogen-bond donors (Lipinski definition) is 1. The summed E-state index contributed by atoms with van der Waals surface area (Å²) in [6.45, 7) is 7.88. The molecule has 0 aromatic heterocycles. The zero-order chi connectivity index (χ0) is 10.1. The summed E-state index contributed by atoms with van der Waals surface area (Å²) in [4.78, 5) is 2.36. The van der Waals surface area contributed by atoms with E-state index in [4.69, 9.17) is 0 Å². The lowest BCUT2D eigenvalue weighted by atomic mass is 9.71. The Labute approximate surface area is 81.9 Å². The lowest BCUT2D eigenvalue weighted by Gasteiger charge is -2.45. The van der Waals surface area contributed by atoms with Crippen LogP contribution >= 0.6 is 0 Å². The topological polar surface area (TPSA) is 23.5 Å². The van der Waals surface area contributed by atoms with Gasteiger partial charge in [-0.25, -0.2) is 0 Å². The van der Waals surface area contributed by atoms with Gasteiger partial charge in [0.25, 0.3) is 0 Å². The largest absolute Gasteiger partial charge is 0.393 e. The molecule has 13 heavy (non-hydrogen) atoms. The second-order valence-corrected chi connectivity index (χ2v) is 5.01. The number of aliphatic hydroxyl groups excluding tert-OH is 1. The van der Waals surface area contributed by atoms with E-state index in [2.05, 4.69) is 32.7 Å². The van der Waals surface area contributed by atoms with Gasteiger partial charge in [-0.2, -0.15) is 0 Å². The Hall–Kier alpha value is -0.0800. The van der Waals surface area contributed by atoms with Crippen molar-refractivity contribution in [2.75, 3.05) is 13.6 Å². The molecular formula is C11H23NO. The molecule has 2 heteroatoms. The van der Waals surface area contributed by atoms with Crippen LogP contribution in [-0.4, -0.2) is 35.7 Å². The van der Waals surface area contributed by atoms with Crippen molar-refractivity contribution in [1.82, 2.24) is 4.90 Å². The van der Waals surface area contributed by atoms with Gasteiger partial charge in [0.15, 0.2) is 0 Å². The maximum Gasteiger partial charge on any atom is 0.0555 e. The minimum atomic E-state index is -0.0768. The third-order valence-corrected chi connectivity index (χ3v) is 3.55. The number of hydrogen-bond acceptors (Lipinski definition) is 2. The van der Waals surface area contributed by atoms with Crippen LogP contribution in [0.3, 0.4) is 0 Å². The van der Waals surface area contributed by atoms with Crippen LogP contribution in [0.4, 0.5) is 0 Å². The van der Waals surface area contributed by atoms with E-state index in [-0.39, 0.29) is 6.10 Å². The molecule has 0 aliphatic heterocycles. The molecule has 0 amide bonds. The van der Waals surface area contributed by atoms with E-state index in [0.29, 0.717) is 11.5 Å². The predicted octanol–water partition coefficient (Wildman–Crippen LogP) is 1.88. The molecule has 1 rings (SSSR count). The Kier molecular flexibility index (Phi) is 3.36. The number of aliphatic hydroxyl groups is 1. The molecule has 1 fully saturated rings. The minimum absolute atomic E-state index is 0.0768. The van der Waals surface area contributed by atoms with Crippen LogP contribution in [0.15, 0.2) is 0 Å². The highest BCUT2D eigenvalue weighted by molar-refractivity contribution is 4.91. The predicted molar refractivity (Wildman–Crippen MR) is 55.7 cm³/mol. The average molecular weight is 185 g/mol. The maximum atomic E-state index is 9.63. The summed E-state index contributed by atoms with van der Waals surface area (Å²) in [7, 11) is 2.16. The second kappa shape index (κ2) is 3.97. The fourth-order valence-corrected chi connectivity index (χ4v) is 2.40. The summed E-state index contributed by atoms with van der Waals surface area (Å²) in [5.41, 5.74) is 0.365. The number of nitrogens with zero attached hydrogens (tertiary/aromatic N) is 1. The SMILES string of the molecule is CCN(C)C1CC(O)CCC1(C)C. The molecule has 0 bridgehead atoms. The van der Waals surface area contributed by atoms with Gasteiger partial charge in [0.1, 0.15) is 0 Å². The molecule has 0 radical (unpaired) electrons. The van der Waals surface area contributed by atoms with Gasteiger partial charge in [0, 0.05) is 6.04 Å². The molecule has 78 valence electrons. The third kappa shape index (κ3) is 2.44. The number of rotatable bonds is 2. The monoisotopic (exact) mass is 185 g/mol. The highest BCUT2D eigenvalue weighted by Crippen LogP contribution is 2.38. The van der Waals surface area contributed by atoms with Gasteiger partial charge in [-0.3, -0.25) is 0 Å². The van der Waals surface area contributed by atoms with Gasteiger partial charge in [0.2, 0.25) is 0 Å². The van der Waals surface area contributed by atoms with Crippen molar-refractivity contribution in [2.45, 2.75) is 52.2 Å². The van der Waals surface area contributed by atoms with Gasteiger partial charge in [0.05, 0.1) is 6.10 Å². The maximum absolute atomic E-state index is 9.63. The molecule has 0 saturated heterocycles. The van der Waals surface area contributed by atoms with Crippen molar-refractivity contribution in [3.05, 3.63) is 0 Å². The standard InChI is InChI=1S/C11H23NO/c1-5-12(4)10-8-9(13)6-7-11(10,2)3/h9-10,13H,5-8H2,1-4H3. The van der Waals surface area contributed by atoms with Crippen molar-refractivity contribution in [3.8, 4) is 0 Å². The normalized spacial score (nSPS) is 33.7. The summed E-state index contributed by atoms with van der Waals surface area (Å²) in [5, 5.41) is 9.63. The van der Waals surface area contributed by atoms with E-state index in [9.17, 15) is 5.11 Å². The molecule has 0 aromatic carbocycles. The Morgan fingerprint density at radius 3 is 2.62 bits per heavy atom. The van der Waals surface area contributed by atoms with Crippen LogP contribution in [0.1, 0.15) is 40.0 Å². The summed E-state index contributed by atoms with van der Waals surface area (Å²) < 4.78 is 0. The smallest absolute Gasteiger partial charge is 0.0555 e. The highest BCUT2D eigenvalue weighted by atomic mass is 16.3. The molecule has 0 heterocycles.